The molecule has 4 nitrogen and oxygen atoms in total. The third-order valence-electron chi connectivity index (χ3n) is 2.02. The van der Waals surface area contributed by atoms with Crippen LogP contribution in [0.15, 0.2) is 4.52 Å². The normalized spacial score (nSPS) is 11.0. The summed E-state index contributed by atoms with van der Waals surface area (Å²) in [5.41, 5.74) is -1.34. The van der Waals surface area contributed by atoms with Crippen LogP contribution in [0.3, 0.4) is 0 Å². The van der Waals surface area contributed by atoms with Gasteiger partial charge in [0.15, 0.2) is 29.9 Å². The second kappa shape index (κ2) is 4.33. The number of hydrogen-bond donors (Lipinski definition) is 0. The van der Waals surface area contributed by atoms with Crippen molar-refractivity contribution in [3.63, 3.8) is 0 Å². The smallest absolute Gasteiger partial charge is 0.256 e. The lowest BCUT2D eigenvalue weighted by atomic mass is 10.1. The van der Waals surface area contributed by atoms with E-state index in [2.05, 4.69) is 14.7 Å². The minimum Gasteiger partial charge on any atom is -0.336 e. The Morgan fingerprint density at radius 1 is 0.889 bits per heavy atom. The van der Waals surface area contributed by atoms with Crippen molar-refractivity contribution in [2.24, 2.45) is 0 Å². The Labute approximate surface area is 95.7 Å². The van der Waals surface area contributed by atoms with Gasteiger partial charge < -0.3 is 4.52 Å². The maximum absolute atomic E-state index is 13.3. The lowest BCUT2D eigenvalue weighted by Crippen LogP contribution is -2.04. The molecule has 0 aliphatic carbocycles. The van der Waals surface area contributed by atoms with Crippen molar-refractivity contribution in [3.05, 3.63) is 35.0 Å². The first-order valence-electron chi connectivity index (χ1n) is 4.39. The molecule has 0 atom stereocenters. The van der Waals surface area contributed by atoms with Crippen molar-refractivity contribution in [1.82, 2.24) is 10.1 Å². The van der Waals surface area contributed by atoms with Gasteiger partial charge in [-0.2, -0.15) is 4.98 Å². The molecule has 18 heavy (non-hydrogen) atoms. The van der Waals surface area contributed by atoms with Crippen LogP contribution in [0, 0.1) is 29.1 Å². The topological polar surface area (TPSA) is 58.8 Å². The van der Waals surface area contributed by atoms with E-state index in [1.807, 2.05) is 0 Å². The Hall–Kier alpha value is -2.03. The number of rotatable bonds is 2. The molecule has 1 aromatic carbocycles. The zero-order chi connectivity index (χ0) is 13.4. The SMILES string of the molecule is [O]Cc1nc(-c2c(F)c(F)c(F)c(F)c2F)no1. The summed E-state index contributed by atoms with van der Waals surface area (Å²) in [6, 6.07) is 0. The Morgan fingerprint density at radius 3 is 1.83 bits per heavy atom. The van der Waals surface area contributed by atoms with Crippen LogP contribution >= 0.6 is 0 Å². The molecule has 0 N–H and O–H groups in total. The first-order chi connectivity index (χ1) is 8.47. The molecule has 1 heterocycles. The maximum atomic E-state index is 13.3. The Morgan fingerprint density at radius 2 is 1.39 bits per heavy atom. The zero-order valence-corrected chi connectivity index (χ0v) is 8.31. The van der Waals surface area contributed by atoms with Crippen LogP contribution in [-0.2, 0) is 11.7 Å². The molecule has 2 aromatic rings. The molecular formula is C9H2F5N2O2. The van der Waals surface area contributed by atoms with Gasteiger partial charge in [0, 0.05) is 0 Å². The van der Waals surface area contributed by atoms with E-state index in [9.17, 15) is 27.1 Å². The molecular weight excluding hydrogens is 263 g/mol. The lowest BCUT2D eigenvalue weighted by Gasteiger charge is -2.03. The molecule has 2 rings (SSSR count). The van der Waals surface area contributed by atoms with Gasteiger partial charge in [0.05, 0.1) is 0 Å². The van der Waals surface area contributed by atoms with Crippen LogP contribution in [0.25, 0.3) is 11.4 Å². The minimum absolute atomic E-state index is 0.533. The lowest BCUT2D eigenvalue weighted by molar-refractivity contribution is 0.142. The Bertz CT molecular complexity index is 584. The van der Waals surface area contributed by atoms with Crippen LogP contribution < -0.4 is 0 Å². The molecule has 95 valence electrons. The van der Waals surface area contributed by atoms with Crippen molar-refractivity contribution >= 4 is 0 Å². The highest BCUT2D eigenvalue weighted by atomic mass is 19.2. The molecule has 0 bridgehead atoms. The molecule has 0 aliphatic rings. The molecule has 0 amide bonds. The van der Waals surface area contributed by atoms with Crippen molar-refractivity contribution in [1.29, 1.82) is 0 Å². The van der Waals surface area contributed by atoms with Gasteiger partial charge in [-0.1, -0.05) is 5.16 Å². The van der Waals surface area contributed by atoms with Gasteiger partial charge in [-0.25, -0.2) is 27.1 Å². The van der Waals surface area contributed by atoms with Crippen molar-refractivity contribution in [3.8, 4) is 11.4 Å². The Balaban J connectivity index is 2.71. The molecule has 0 spiro atoms. The van der Waals surface area contributed by atoms with Gasteiger partial charge in [0.2, 0.25) is 11.6 Å². The maximum Gasteiger partial charge on any atom is 0.256 e. The highest BCUT2D eigenvalue weighted by Gasteiger charge is 2.29. The summed E-state index contributed by atoms with van der Waals surface area (Å²) in [4.78, 5) is 3.21. The summed E-state index contributed by atoms with van der Waals surface area (Å²) in [5.74, 6) is -12.1. The van der Waals surface area contributed by atoms with E-state index < -0.39 is 53.0 Å². The zero-order valence-electron chi connectivity index (χ0n) is 8.31. The quantitative estimate of drug-likeness (QED) is 0.475. The summed E-state index contributed by atoms with van der Waals surface area (Å²) >= 11 is 0. The van der Waals surface area contributed by atoms with Crippen molar-refractivity contribution < 1.29 is 31.6 Å². The van der Waals surface area contributed by atoms with Crippen molar-refractivity contribution in [2.45, 2.75) is 6.61 Å². The second-order valence-corrected chi connectivity index (χ2v) is 3.10. The second-order valence-electron chi connectivity index (χ2n) is 3.10. The summed E-state index contributed by atoms with van der Waals surface area (Å²) < 4.78 is 69.3. The van der Waals surface area contributed by atoms with Gasteiger partial charge in [0.25, 0.3) is 5.89 Å². The molecule has 0 fully saturated rings. The van der Waals surface area contributed by atoms with Gasteiger partial charge in [-0.05, 0) is 0 Å². The first-order valence-corrected chi connectivity index (χ1v) is 4.39. The predicted molar refractivity (Wildman–Crippen MR) is 43.9 cm³/mol. The fraction of sp³-hybridized carbons (Fsp3) is 0.111. The Kier molecular flexibility index (Phi) is 2.99. The number of halogens is 5. The molecule has 0 aliphatic heterocycles. The average molecular weight is 265 g/mol. The van der Waals surface area contributed by atoms with Gasteiger partial charge >= 0.3 is 0 Å². The number of aromatic nitrogens is 2. The summed E-state index contributed by atoms with van der Waals surface area (Å²) in [6.45, 7) is -0.984. The van der Waals surface area contributed by atoms with E-state index in [0.29, 0.717) is 0 Å². The van der Waals surface area contributed by atoms with Crippen LogP contribution in [-0.4, -0.2) is 10.1 Å². The van der Waals surface area contributed by atoms with Gasteiger partial charge in [-0.3, -0.25) is 0 Å². The van der Waals surface area contributed by atoms with Gasteiger partial charge in [0.1, 0.15) is 5.56 Å². The van der Waals surface area contributed by atoms with Crippen LogP contribution in [0.2, 0.25) is 0 Å². The summed E-state index contributed by atoms with van der Waals surface area (Å²) in [6.07, 6.45) is 0. The third kappa shape index (κ3) is 1.72. The van der Waals surface area contributed by atoms with E-state index in [0.717, 1.165) is 0 Å². The fourth-order valence-electron chi connectivity index (χ4n) is 1.22. The number of hydrogen-bond acceptors (Lipinski definition) is 3. The van der Waals surface area contributed by atoms with E-state index in [4.69, 9.17) is 0 Å². The largest absolute Gasteiger partial charge is 0.336 e. The average Bonchev–Trinajstić information content (AvgIpc) is 2.83. The molecule has 9 heteroatoms. The third-order valence-corrected chi connectivity index (χ3v) is 2.02. The van der Waals surface area contributed by atoms with E-state index in [1.54, 1.807) is 0 Å². The highest BCUT2D eigenvalue weighted by Crippen LogP contribution is 2.29. The summed E-state index contributed by atoms with van der Waals surface area (Å²) in [5, 5.41) is 13.3. The monoisotopic (exact) mass is 265 g/mol. The predicted octanol–water partition coefficient (Wildman–Crippen LogP) is 2.36. The summed E-state index contributed by atoms with van der Waals surface area (Å²) in [7, 11) is 0. The molecule has 0 saturated heterocycles. The van der Waals surface area contributed by atoms with Crippen LogP contribution in [0.5, 0.6) is 0 Å². The van der Waals surface area contributed by atoms with E-state index in [1.165, 1.54) is 0 Å². The number of nitrogens with zero attached hydrogens (tertiary/aromatic N) is 2. The molecule has 0 unspecified atom stereocenters. The number of benzene rings is 1. The fourth-order valence-corrected chi connectivity index (χ4v) is 1.22. The highest BCUT2D eigenvalue weighted by molar-refractivity contribution is 5.56. The van der Waals surface area contributed by atoms with Crippen molar-refractivity contribution in [2.75, 3.05) is 0 Å². The van der Waals surface area contributed by atoms with Crippen LogP contribution in [0.1, 0.15) is 5.89 Å². The standard InChI is InChI=1S/C9H2F5N2O2/c10-4-3(9-15-2(1-17)18-16-9)5(11)7(13)8(14)6(4)12/h1H2. The van der Waals surface area contributed by atoms with E-state index >= 15 is 0 Å². The molecule has 0 saturated carbocycles. The molecule has 1 aromatic heterocycles. The van der Waals surface area contributed by atoms with Gasteiger partial charge in [-0.15, -0.1) is 0 Å². The van der Waals surface area contributed by atoms with E-state index in [-0.39, 0.29) is 0 Å². The first kappa shape index (κ1) is 12.4. The minimum atomic E-state index is -2.29. The van der Waals surface area contributed by atoms with Crippen LogP contribution in [0.4, 0.5) is 22.0 Å². The molecule has 1 radical (unpaired) electrons.